The van der Waals surface area contributed by atoms with Crippen LogP contribution in [0.15, 0.2) is 0 Å². The van der Waals surface area contributed by atoms with Crippen molar-refractivity contribution in [1.82, 2.24) is 5.06 Å². The first kappa shape index (κ1) is 23.5. The number of hydrogen-bond acceptors (Lipinski definition) is 10. The standard InChI is InChI=1S/C18H34NO9P/c1-8-23-29(21,24-9-2)11(3)19(20)16-15-14(27-18(6,7)28-15)13(25-16)12-10-22-17(4,5)26-12/h11-16,20H,8-10H2,1-7H3/t11?,12?,13-,14+,15+,16+/m1/s1. The molecule has 3 fully saturated rings. The molecule has 29 heavy (non-hydrogen) atoms. The highest BCUT2D eigenvalue weighted by molar-refractivity contribution is 7.54. The maximum absolute atomic E-state index is 13.1. The van der Waals surface area contributed by atoms with Crippen molar-refractivity contribution in [2.75, 3.05) is 19.8 Å². The highest BCUT2D eigenvalue weighted by atomic mass is 31.2. The molecule has 0 saturated carbocycles. The maximum atomic E-state index is 13.1. The molecule has 170 valence electrons. The van der Waals surface area contributed by atoms with E-state index in [1.165, 1.54) is 0 Å². The van der Waals surface area contributed by atoms with Gasteiger partial charge in [-0.15, -0.1) is 5.06 Å². The van der Waals surface area contributed by atoms with E-state index in [4.69, 9.17) is 32.7 Å². The Morgan fingerprint density at radius 3 is 2.14 bits per heavy atom. The zero-order chi connectivity index (χ0) is 21.6. The molecule has 3 aliphatic heterocycles. The molecule has 0 spiro atoms. The van der Waals surface area contributed by atoms with Crippen LogP contribution in [0.5, 0.6) is 0 Å². The Labute approximate surface area is 172 Å². The third kappa shape index (κ3) is 4.72. The number of ether oxygens (including phenoxy) is 5. The fourth-order valence-corrected chi connectivity index (χ4v) is 5.61. The summed E-state index contributed by atoms with van der Waals surface area (Å²) in [5, 5.41) is 11.8. The molecule has 2 unspecified atom stereocenters. The highest BCUT2D eigenvalue weighted by Gasteiger charge is 2.61. The van der Waals surface area contributed by atoms with E-state index in [9.17, 15) is 9.77 Å². The van der Waals surface area contributed by atoms with Gasteiger partial charge < -0.3 is 37.9 Å². The molecule has 3 aliphatic rings. The molecule has 0 aliphatic carbocycles. The molecule has 3 heterocycles. The van der Waals surface area contributed by atoms with Crippen molar-refractivity contribution in [2.45, 2.75) is 96.5 Å². The summed E-state index contributed by atoms with van der Waals surface area (Å²) in [7, 11) is -3.61. The van der Waals surface area contributed by atoms with Gasteiger partial charge in [0.15, 0.2) is 17.8 Å². The lowest BCUT2D eigenvalue weighted by Crippen LogP contribution is -2.47. The van der Waals surface area contributed by atoms with Crippen molar-refractivity contribution >= 4 is 7.60 Å². The van der Waals surface area contributed by atoms with E-state index in [1.54, 1.807) is 34.6 Å². The predicted octanol–water partition coefficient (Wildman–Crippen LogP) is 2.69. The van der Waals surface area contributed by atoms with Gasteiger partial charge in [-0.05, 0) is 48.5 Å². The SMILES string of the molecule is CCOP(=O)(OCC)C(C)N(O)[C@H]1O[C@H](C2COC(C)(C)O2)[C@@H]2OC(C)(C)O[C@@H]21. The van der Waals surface area contributed by atoms with Crippen molar-refractivity contribution in [3.05, 3.63) is 0 Å². The van der Waals surface area contributed by atoms with Crippen LogP contribution >= 0.6 is 7.60 Å². The summed E-state index contributed by atoms with van der Waals surface area (Å²) < 4.78 is 53.7. The summed E-state index contributed by atoms with van der Waals surface area (Å²) in [5.74, 6) is -2.57. The lowest BCUT2D eigenvalue weighted by Gasteiger charge is -2.34. The molecule has 1 N–H and O–H groups in total. The Bertz CT molecular complexity index is 620. The molecular weight excluding hydrogens is 405 g/mol. The lowest BCUT2D eigenvalue weighted by atomic mass is 10.1. The van der Waals surface area contributed by atoms with Crippen LogP contribution in [0.25, 0.3) is 0 Å². The summed E-state index contributed by atoms with van der Waals surface area (Å²) in [4.78, 5) is 0. The number of hydrogen-bond donors (Lipinski definition) is 1. The lowest BCUT2D eigenvalue weighted by molar-refractivity contribution is -0.275. The van der Waals surface area contributed by atoms with E-state index in [-0.39, 0.29) is 13.2 Å². The smallest absolute Gasteiger partial charge is 0.349 e. The molecule has 0 amide bonds. The fraction of sp³-hybridized carbons (Fsp3) is 1.00. The Balaban J connectivity index is 1.82. The largest absolute Gasteiger partial charge is 0.349 e. The van der Waals surface area contributed by atoms with Crippen molar-refractivity contribution in [3.63, 3.8) is 0 Å². The average Bonchev–Trinajstić information content (AvgIpc) is 3.23. The van der Waals surface area contributed by atoms with E-state index >= 15 is 0 Å². The van der Waals surface area contributed by atoms with Crippen LogP contribution in [0.2, 0.25) is 0 Å². The topological polar surface area (TPSA) is 105 Å². The van der Waals surface area contributed by atoms with Gasteiger partial charge in [0.2, 0.25) is 0 Å². The normalized spacial score (nSPS) is 37.2. The van der Waals surface area contributed by atoms with Gasteiger partial charge in [0.1, 0.15) is 30.2 Å². The van der Waals surface area contributed by atoms with E-state index in [1.807, 2.05) is 13.8 Å². The van der Waals surface area contributed by atoms with Crippen LogP contribution in [0, 0.1) is 0 Å². The summed E-state index contributed by atoms with van der Waals surface area (Å²) >= 11 is 0. The third-order valence-corrected chi connectivity index (χ3v) is 7.57. The number of nitrogens with zero attached hydrogens (tertiary/aromatic N) is 1. The van der Waals surface area contributed by atoms with Crippen LogP contribution in [-0.4, -0.2) is 78.1 Å². The van der Waals surface area contributed by atoms with E-state index in [0.29, 0.717) is 6.61 Å². The minimum absolute atomic E-state index is 0.185. The van der Waals surface area contributed by atoms with Gasteiger partial charge in [-0.3, -0.25) is 4.57 Å². The van der Waals surface area contributed by atoms with Gasteiger partial charge in [-0.2, -0.15) is 0 Å². The van der Waals surface area contributed by atoms with Crippen LogP contribution in [-0.2, 0) is 37.3 Å². The van der Waals surface area contributed by atoms with Gasteiger partial charge in [-0.1, -0.05) is 0 Å². The molecule has 0 bridgehead atoms. The molecule has 3 saturated heterocycles. The summed E-state index contributed by atoms with van der Waals surface area (Å²) in [6, 6.07) is 0. The second-order valence-corrected chi connectivity index (χ2v) is 10.7. The first-order valence-corrected chi connectivity index (χ1v) is 11.7. The van der Waals surface area contributed by atoms with Crippen molar-refractivity contribution < 1.29 is 42.5 Å². The van der Waals surface area contributed by atoms with Crippen LogP contribution < -0.4 is 0 Å². The van der Waals surface area contributed by atoms with E-state index in [0.717, 1.165) is 5.06 Å². The van der Waals surface area contributed by atoms with Gasteiger partial charge in [-0.25, -0.2) is 0 Å². The zero-order valence-electron chi connectivity index (χ0n) is 18.2. The number of fused-ring (bicyclic) bond motifs is 1. The Kier molecular flexibility index (Phi) is 6.84. The first-order valence-electron chi connectivity index (χ1n) is 10.1. The van der Waals surface area contributed by atoms with Gasteiger partial charge in [0.25, 0.3) is 0 Å². The minimum Gasteiger partial charge on any atom is -0.349 e. The zero-order valence-corrected chi connectivity index (χ0v) is 19.1. The Morgan fingerprint density at radius 2 is 1.62 bits per heavy atom. The predicted molar refractivity (Wildman–Crippen MR) is 101 cm³/mol. The van der Waals surface area contributed by atoms with Gasteiger partial charge in [0, 0.05) is 0 Å². The van der Waals surface area contributed by atoms with Crippen molar-refractivity contribution in [1.29, 1.82) is 0 Å². The molecule has 0 aromatic heterocycles. The van der Waals surface area contributed by atoms with Gasteiger partial charge in [0.05, 0.1) is 19.8 Å². The van der Waals surface area contributed by atoms with E-state index < -0.39 is 55.6 Å². The van der Waals surface area contributed by atoms with E-state index in [2.05, 4.69) is 0 Å². The molecule has 0 aromatic rings. The summed E-state index contributed by atoms with van der Waals surface area (Å²) in [5.41, 5.74) is 0. The van der Waals surface area contributed by atoms with Crippen LogP contribution in [0.1, 0.15) is 48.5 Å². The third-order valence-electron chi connectivity index (χ3n) is 5.18. The van der Waals surface area contributed by atoms with Crippen LogP contribution in [0.4, 0.5) is 0 Å². The highest BCUT2D eigenvalue weighted by Crippen LogP contribution is 2.55. The van der Waals surface area contributed by atoms with Crippen molar-refractivity contribution in [3.8, 4) is 0 Å². The molecule has 6 atom stereocenters. The van der Waals surface area contributed by atoms with Crippen molar-refractivity contribution in [2.24, 2.45) is 0 Å². The minimum atomic E-state index is -3.61. The molecule has 11 heteroatoms. The summed E-state index contributed by atoms with van der Waals surface area (Å²) in [6.45, 7) is 12.9. The second-order valence-electron chi connectivity index (χ2n) is 8.31. The average molecular weight is 439 g/mol. The molecule has 0 aromatic carbocycles. The number of hydroxylamine groups is 2. The first-order chi connectivity index (χ1) is 13.4. The second kappa shape index (κ2) is 8.43. The van der Waals surface area contributed by atoms with Crippen LogP contribution in [0.3, 0.4) is 0 Å². The quantitative estimate of drug-likeness (QED) is 0.448. The molecule has 0 radical (unpaired) electrons. The Morgan fingerprint density at radius 1 is 1.03 bits per heavy atom. The molecular formula is C18H34NO9P. The monoisotopic (exact) mass is 439 g/mol. The fourth-order valence-electron chi connectivity index (χ4n) is 3.97. The maximum Gasteiger partial charge on any atom is 0.349 e. The molecule has 3 rings (SSSR count). The Hall–Kier alpha value is -0.130. The van der Waals surface area contributed by atoms with Gasteiger partial charge >= 0.3 is 7.60 Å². The summed E-state index contributed by atoms with van der Waals surface area (Å²) in [6.07, 6.45) is -2.98. The molecule has 10 nitrogen and oxygen atoms in total. The number of rotatable bonds is 8.